The summed E-state index contributed by atoms with van der Waals surface area (Å²) in [5.74, 6) is -2.70. The molecule has 0 aliphatic carbocycles. The van der Waals surface area contributed by atoms with E-state index in [2.05, 4.69) is 0 Å². The number of fused-ring (bicyclic) bond motifs is 1. The van der Waals surface area contributed by atoms with Crippen molar-refractivity contribution >= 4 is 34.8 Å². The smallest absolute Gasteiger partial charge is 0.339 e. The lowest BCUT2D eigenvalue weighted by molar-refractivity contribution is -0.282. The zero-order valence-corrected chi connectivity index (χ0v) is 23.3. The summed E-state index contributed by atoms with van der Waals surface area (Å²) >= 11 is 0. The molecule has 0 saturated carbocycles. The van der Waals surface area contributed by atoms with Gasteiger partial charge in [-0.1, -0.05) is 12.1 Å². The maximum absolute atomic E-state index is 13.2. The van der Waals surface area contributed by atoms with E-state index in [1.165, 1.54) is 31.6 Å². The van der Waals surface area contributed by atoms with Gasteiger partial charge >= 0.3 is 23.9 Å². The lowest BCUT2D eigenvalue weighted by Crippen LogP contribution is -2.64. The summed E-state index contributed by atoms with van der Waals surface area (Å²) in [6.45, 7) is 3.26. The summed E-state index contributed by atoms with van der Waals surface area (Å²) in [6, 6.07) is 11.2. The van der Waals surface area contributed by atoms with Gasteiger partial charge in [0.05, 0.1) is 25.2 Å². The minimum atomic E-state index is -1.62. The topological polar surface area (TPSA) is 163 Å². The molecule has 3 aromatic rings. The Balaban J connectivity index is 1.70. The van der Waals surface area contributed by atoms with Crippen molar-refractivity contribution in [2.75, 3.05) is 14.2 Å². The van der Waals surface area contributed by atoms with E-state index in [0.717, 1.165) is 27.9 Å². The Morgan fingerprint density at radius 2 is 1.36 bits per heavy atom. The van der Waals surface area contributed by atoms with Gasteiger partial charge in [-0.3, -0.25) is 19.2 Å². The van der Waals surface area contributed by atoms with Crippen molar-refractivity contribution in [2.45, 2.75) is 51.5 Å². The van der Waals surface area contributed by atoms with Crippen LogP contribution in [0.3, 0.4) is 0 Å². The van der Waals surface area contributed by atoms with Gasteiger partial charge in [-0.2, -0.15) is 0 Å². The fourth-order valence-electron chi connectivity index (χ4n) is 4.46. The van der Waals surface area contributed by atoms with Crippen LogP contribution in [0.1, 0.15) is 20.8 Å². The van der Waals surface area contributed by atoms with E-state index in [1.54, 1.807) is 24.3 Å². The lowest BCUT2D eigenvalue weighted by Gasteiger charge is -2.43. The third-order valence-electron chi connectivity index (χ3n) is 6.23. The van der Waals surface area contributed by atoms with E-state index >= 15 is 0 Å². The molecule has 0 amide bonds. The Morgan fingerprint density at radius 3 is 1.95 bits per heavy atom. The molecule has 2 heterocycles. The third-order valence-corrected chi connectivity index (χ3v) is 6.23. The zero-order chi connectivity index (χ0) is 30.6. The van der Waals surface area contributed by atoms with Crippen LogP contribution < -0.4 is 14.9 Å². The summed E-state index contributed by atoms with van der Waals surface area (Å²) in [5.41, 5.74) is 0.809. The van der Waals surface area contributed by atoms with E-state index in [4.69, 9.17) is 37.6 Å². The fourth-order valence-corrected chi connectivity index (χ4v) is 4.46. The van der Waals surface area contributed by atoms with Crippen molar-refractivity contribution in [3.63, 3.8) is 0 Å². The van der Waals surface area contributed by atoms with Crippen molar-refractivity contribution in [1.82, 2.24) is 0 Å². The van der Waals surface area contributed by atoms with Crippen LogP contribution in [-0.4, -0.2) is 68.8 Å². The van der Waals surface area contributed by atoms with E-state index in [0.29, 0.717) is 16.9 Å². The molecule has 0 radical (unpaired) electrons. The maximum atomic E-state index is 13.2. The number of benzene rings is 2. The summed E-state index contributed by atoms with van der Waals surface area (Å²) < 4.78 is 43.3. The van der Waals surface area contributed by atoms with Crippen molar-refractivity contribution in [1.29, 1.82) is 0 Å². The van der Waals surface area contributed by atoms with Gasteiger partial charge in [-0.05, 0) is 29.8 Å². The molecule has 0 N–H and O–H groups in total. The summed E-state index contributed by atoms with van der Waals surface area (Å²) in [6.07, 6.45) is -6.40. The van der Waals surface area contributed by atoms with Crippen LogP contribution in [0.15, 0.2) is 57.9 Å². The molecule has 5 atom stereocenters. The fraction of sp³-hybridized carbons (Fsp3) is 0.345. The molecule has 2 aromatic carbocycles. The first-order valence-electron chi connectivity index (χ1n) is 12.6. The first-order valence-corrected chi connectivity index (χ1v) is 12.6. The molecular formula is C29H28O13. The monoisotopic (exact) mass is 584 g/mol. The maximum Gasteiger partial charge on any atom is 0.339 e. The number of ether oxygens (including phenoxy) is 7. The molecule has 13 heteroatoms. The highest BCUT2D eigenvalue weighted by molar-refractivity contribution is 5.83. The number of rotatable bonds is 8. The van der Waals surface area contributed by atoms with Crippen LogP contribution in [0.5, 0.6) is 11.5 Å². The van der Waals surface area contributed by atoms with Crippen LogP contribution in [0.2, 0.25) is 0 Å². The number of carbonyl (C=O) groups is 4. The molecule has 1 fully saturated rings. The van der Waals surface area contributed by atoms with Gasteiger partial charge < -0.3 is 37.6 Å². The molecule has 1 aromatic heterocycles. The Hall–Kier alpha value is -4.91. The van der Waals surface area contributed by atoms with Gasteiger partial charge in [-0.15, -0.1) is 0 Å². The molecular weight excluding hydrogens is 556 g/mol. The molecule has 42 heavy (non-hydrogen) atoms. The predicted octanol–water partition coefficient (Wildman–Crippen LogP) is 2.54. The van der Waals surface area contributed by atoms with Gasteiger partial charge in [0.25, 0.3) is 0 Å². The number of methoxy groups -OCH3 is 2. The van der Waals surface area contributed by atoms with Crippen LogP contribution in [0.4, 0.5) is 0 Å². The Morgan fingerprint density at radius 1 is 0.762 bits per heavy atom. The number of hydrogen-bond donors (Lipinski definition) is 0. The van der Waals surface area contributed by atoms with Crippen LogP contribution in [0.25, 0.3) is 22.1 Å². The largest absolute Gasteiger partial charge is 0.497 e. The first-order chi connectivity index (χ1) is 20.0. The average Bonchev–Trinajstić information content (AvgIpc) is 2.95. The van der Waals surface area contributed by atoms with E-state index in [-0.39, 0.29) is 22.1 Å². The average molecular weight is 585 g/mol. The highest BCUT2D eigenvalue weighted by atomic mass is 16.7. The molecule has 0 spiro atoms. The molecule has 1 saturated heterocycles. The highest BCUT2D eigenvalue weighted by Gasteiger charge is 2.55. The summed E-state index contributed by atoms with van der Waals surface area (Å²) in [5, 5.41) is 0.247. The lowest BCUT2D eigenvalue weighted by atomic mass is 9.97. The minimum Gasteiger partial charge on any atom is -0.497 e. The Labute approximate surface area is 239 Å². The van der Waals surface area contributed by atoms with E-state index in [9.17, 15) is 24.0 Å². The summed E-state index contributed by atoms with van der Waals surface area (Å²) in [7, 11) is 2.62. The normalized spacial score (nSPS) is 21.6. The molecule has 13 nitrogen and oxygen atoms in total. The van der Waals surface area contributed by atoms with Crippen LogP contribution >= 0.6 is 0 Å². The molecule has 1 aliphatic rings. The molecule has 222 valence electrons. The van der Waals surface area contributed by atoms with Crippen molar-refractivity contribution < 1.29 is 56.8 Å². The van der Waals surface area contributed by atoms with Gasteiger partial charge in [0, 0.05) is 26.8 Å². The van der Waals surface area contributed by atoms with Crippen LogP contribution in [-0.2, 0) is 42.9 Å². The van der Waals surface area contributed by atoms with Gasteiger partial charge in [-0.25, -0.2) is 4.79 Å². The molecule has 4 rings (SSSR count). The van der Waals surface area contributed by atoms with E-state index in [1.807, 2.05) is 0 Å². The molecule has 0 bridgehead atoms. The second-order valence-electron chi connectivity index (χ2n) is 9.15. The minimum absolute atomic E-state index is 0.0844. The second kappa shape index (κ2) is 12.7. The molecule has 1 aliphatic heterocycles. The highest BCUT2D eigenvalue weighted by Crippen LogP contribution is 2.32. The zero-order valence-electron chi connectivity index (χ0n) is 23.3. The summed E-state index contributed by atoms with van der Waals surface area (Å²) in [4.78, 5) is 61.7. The SMILES string of the molecule is COC(=O)[C@H]1O[C@@H](Oc2ccc3c(=O)c(-c4ccc(OC)cc4)coc3c2)[C@H](OC(C)=O)C(OC(C)=O)[C@@H]1OC(C)=O. The van der Waals surface area contributed by atoms with E-state index < -0.39 is 54.6 Å². The van der Waals surface area contributed by atoms with Gasteiger partial charge in [0.1, 0.15) is 23.3 Å². The molecule has 1 unspecified atom stereocenters. The third kappa shape index (κ3) is 6.52. The van der Waals surface area contributed by atoms with Crippen LogP contribution in [0, 0.1) is 0 Å². The number of hydrogen-bond acceptors (Lipinski definition) is 13. The second-order valence-corrected chi connectivity index (χ2v) is 9.15. The predicted molar refractivity (Wildman–Crippen MR) is 142 cm³/mol. The van der Waals surface area contributed by atoms with Gasteiger partial charge in [0.15, 0.2) is 23.7 Å². The van der Waals surface area contributed by atoms with Crippen molar-refractivity contribution in [3.05, 3.63) is 59.0 Å². The standard InChI is InChI=1S/C29H28O13/c1-14(30)38-24-25(39-15(2)31)27(40-16(3)32)29(42-26(24)28(34)36-5)41-19-10-11-20-22(12-19)37-13-21(23(20)33)17-6-8-18(35-4)9-7-17/h6-13,24-27,29H,1-5H3/t24-,25?,26-,27+,29+/m0/s1. The van der Waals surface area contributed by atoms with Crippen molar-refractivity contribution in [2.24, 2.45) is 0 Å². The first kappa shape index (κ1) is 30.1. The van der Waals surface area contributed by atoms with Gasteiger partial charge in [0.2, 0.25) is 12.4 Å². The quantitative estimate of drug-likeness (QED) is 0.281. The number of esters is 4. The number of carbonyl (C=O) groups excluding carboxylic acids is 4. The Kier molecular flexibility index (Phi) is 9.11. The Bertz CT molecular complexity index is 1540. The van der Waals surface area contributed by atoms with Crippen molar-refractivity contribution in [3.8, 4) is 22.6 Å².